The predicted octanol–water partition coefficient (Wildman–Crippen LogP) is 2.72. The van der Waals surface area contributed by atoms with Crippen LogP contribution in [0.2, 0.25) is 0 Å². The van der Waals surface area contributed by atoms with Crippen LogP contribution < -0.4 is 10.1 Å². The summed E-state index contributed by atoms with van der Waals surface area (Å²) in [5, 5.41) is 3.00. The number of aromatic nitrogens is 1. The van der Waals surface area contributed by atoms with Crippen LogP contribution in [0.4, 0.5) is 0 Å². The Kier molecular flexibility index (Phi) is 7.72. The Morgan fingerprint density at radius 3 is 2.62 bits per heavy atom. The Morgan fingerprint density at radius 1 is 1.06 bits per heavy atom. The zero-order chi connectivity index (χ0) is 22.2. The van der Waals surface area contributed by atoms with Crippen LogP contribution in [0.25, 0.3) is 0 Å². The summed E-state index contributed by atoms with van der Waals surface area (Å²) in [5.41, 5.74) is 1.56. The molecule has 4 rings (SSSR count). The number of amides is 2. The van der Waals surface area contributed by atoms with E-state index in [-0.39, 0.29) is 11.8 Å². The second-order valence-corrected chi connectivity index (χ2v) is 8.58. The Labute approximate surface area is 189 Å². The predicted molar refractivity (Wildman–Crippen MR) is 122 cm³/mol. The number of pyridine rings is 1. The molecule has 2 aromatic rings. The van der Waals surface area contributed by atoms with E-state index in [0.717, 1.165) is 51.1 Å². The first-order valence-corrected chi connectivity index (χ1v) is 11.6. The van der Waals surface area contributed by atoms with Gasteiger partial charge in [0.05, 0.1) is 0 Å². The Morgan fingerprint density at radius 2 is 1.88 bits per heavy atom. The van der Waals surface area contributed by atoms with E-state index < -0.39 is 0 Å². The highest BCUT2D eigenvalue weighted by Gasteiger charge is 2.29. The fourth-order valence-electron chi connectivity index (χ4n) is 4.43. The summed E-state index contributed by atoms with van der Waals surface area (Å²) in [6, 6.07) is 11.1. The van der Waals surface area contributed by atoms with Crippen molar-refractivity contribution in [2.75, 3.05) is 39.3 Å². The fourth-order valence-corrected chi connectivity index (χ4v) is 4.43. The van der Waals surface area contributed by atoms with Crippen molar-refractivity contribution in [1.82, 2.24) is 20.1 Å². The van der Waals surface area contributed by atoms with Crippen LogP contribution in [0.1, 0.15) is 41.6 Å². The van der Waals surface area contributed by atoms with E-state index in [9.17, 15) is 9.59 Å². The van der Waals surface area contributed by atoms with Gasteiger partial charge in [-0.15, -0.1) is 0 Å². The molecule has 1 aliphatic carbocycles. The first-order chi connectivity index (χ1) is 15.7. The van der Waals surface area contributed by atoms with Crippen LogP contribution >= 0.6 is 0 Å². The van der Waals surface area contributed by atoms with Gasteiger partial charge in [-0.05, 0) is 37.1 Å². The second kappa shape index (κ2) is 11.1. The number of hydrogen-bond donors (Lipinski definition) is 1. The molecule has 7 heteroatoms. The molecule has 0 atom stereocenters. The highest BCUT2D eigenvalue weighted by atomic mass is 16.5. The van der Waals surface area contributed by atoms with Crippen LogP contribution in [0, 0.1) is 5.92 Å². The molecule has 0 radical (unpaired) electrons. The lowest BCUT2D eigenvalue weighted by atomic mass is 10.1. The van der Waals surface area contributed by atoms with Gasteiger partial charge in [0.1, 0.15) is 12.4 Å². The van der Waals surface area contributed by atoms with Gasteiger partial charge < -0.3 is 15.0 Å². The zero-order valence-corrected chi connectivity index (χ0v) is 18.5. The van der Waals surface area contributed by atoms with E-state index in [1.165, 1.54) is 12.8 Å². The van der Waals surface area contributed by atoms with Gasteiger partial charge in [0.25, 0.3) is 5.91 Å². The summed E-state index contributed by atoms with van der Waals surface area (Å²) in [7, 11) is 0. The Hall–Kier alpha value is -2.93. The average molecular weight is 437 g/mol. The minimum absolute atomic E-state index is 0.105. The number of hydrogen-bond acceptors (Lipinski definition) is 5. The smallest absolute Gasteiger partial charge is 0.251 e. The van der Waals surface area contributed by atoms with Crippen LogP contribution in [-0.4, -0.2) is 65.9 Å². The van der Waals surface area contributed by atoms with Crippen molar-refractivity contribution in [3.05, 3.63) is 59.9 Å². The number of benzene rings is 1. The van der Waals surface area contributed by atoms with Gasteiger partial charge in [-0.2, -0.15) is 0 Å². The van der Waals surface area contributed by atoms with Crippen molar-refractivity contribution in [2.24, 2.45) is 5.92 Å². The maximum Gasteiger partial charge on any atom is 0.251 e. The van der Waals surface area contributed by atoms with E-state index in [0.29, 0.717) is 30.4 Å². The lowest BCUT2D eigenvalue weighted by molar-refractivity contribution is -0.137. The monoisotopic (exact) mass is 436 g/mol. The van der Waals surface area contributed by atoms with E-state index in [1.807, 2.05) is 29.2 Å². The zero-order valence-electron chi connectivity index (χ0n) is 18.5. The standard InChI is InChI=1S/C25H32N4O3/c30-24(22-8-3-9-23(17-22)32-19-20-5-4-10-26-18-20)27-11-12-28-13-15-29(16-14-28)25(31)21-6-1-2-7-21/h3-5,8-10,17-18,21H,1-2,6-7,11-16,19H2,(H,27,30). The van der Waals surface area contributed by atoms with E-state index in [2.05, 4.69) is 15.2 Å². The van der Waals surface area contributed by atoms with Crippen molar-refractivity contribution >= 4 is 11.8 Å². The summed E-state index contributed by atoms with van der Waals surface area (Å²) in [5.74, 6) is 1.16. The lowest BCUT2D eigenvalue weighted by Gasteiger charge is -2.36. The summed E-state index contributed by atoms with van der Waals surface area (Å²) < 4.78 is 5.79. The molecule has 1 aliphatic heterocycles. The third-order valence-corrected chi connectivity index (χ3v) is 6.33. The largest absolute Gasteiger partial charge is 0.489 e. The third kappa shape index (κ3) is 6.07. The molecule has 170 valence electrons. The molecular weight excluding hydrogens is 404 g/mol. The van der Waals surface area contributed by atoms with Crippen molar-refractivity contribution in [2.45, 2.75) is 32.3 Å². The molecule has 1 saturated heterocycles. The van der Waals surface area contributed by atoms with Crippen LogP contribution in [-0.2, 0) is 11.4 Å². The molecule has 2 aliphatic rings. The van der Waals surface area contributed by atoms with Crippen LogP contribution in [0.5, 0.6) is 5.75 Å². The highest BCUT2D eigenvalue weighted by molar-refractivity contribution is 5.94. The fraction of sp³-hybridized carbons (Fsp3) is 0.480. The number of nitrogens with one attached hydrogen (secondary N) is 1. The van der Waals surface area contributed by atoms with Gasteiger partial charge in [-0.1, -0.05) is 25.0 Å². The molecule has 0 unspecified atom stereocenters. The second-order valence-electron chi connectivity index (χ2n) is 8.58. The number of piperazine rings is 1. The summed E-state index contributed by atoms with van der Waals surface area (Å²) >= 11 is 0. The van der Waals surface area contributed by atoms with Crippen LogP contribution in [0.3, 0.4) is 0 Å². The molecule has 2 fully saturated rings. The molecule has 0 bridgehead atoms. The van der Waals surface area contributed by atoms with Gasteiger partial charge in [0, 0.05) is 68.7 Å². The first-order valence-electron chi connectivity index (χ1n) is 11.6. The van der Waals surface area contributed by atoms with E-state index in [4.69, 9.17) is 4.74 Å². The van der Waals surface area contributed by atoms with Gasteiger partial charge in [0.15, 0.2) is 0 Å². The summed E-state index contributed by atoms with van der Waals surface area (Å²) in [4.78, 5) is 33.5. The van der Waals surface area contributed by atoms with Crippen molar-refractivity contribution in [3.63, 3.8) is 0 Å². The molecule has 7 nitrogen and oxygen atoms in total. The SMILES string of the molecule is O=C(NCCN1CCN(C(=O)C2CCCC2)CC1)c1cccc(OCc2cccnc2)c1. The summed E-state index contributed by atoms with van der Waals surface area (Å²) in [6.07, 6.45) is 7.98. The molecule has 1 N–H and O–H groups in total. The maximum atomic E-state index is 12.6. The Bertz CT molecular complexity index is 891. The van der Waals surface area contributed by atoms with Gasteiger partial charge in [-0.25, -0.2) is 0 Å². The highest BCUT2D eigenvalue weighted by Crippen LogP contribution is 2.26. The van der Waals surface area contributed by atoms with Crippen molar-refractivity contribution < 1.29 is 14.3 Å². The minimum Gasteiger partial charge on any atom is -0.489 e. The maximum absolute atomic E-state index is 12.6. The lowest BCUT2D eigenvalue weighted by Crippen LogP contribution is -2.51. The molecule has 1 saturated carbocycles. The number of carbonyl (C=O) groups is 2. The van der Waals surface area contributed by atoms with Gasteiger partial charge >= 0.3 is 0 Å². The van der Waals surface area contributed by atoms with Crippen LogP contribution in [0.15, 0.2) is 48.8 Å². The van der Waals surface area contributed by atoms with Crippen molar-refractivity contribution in [1.29, 1.82) is 0 Å². The molecule has 0 spiro atoms. The van der Waals surface area contributed by atoms with Gasteiger partial charge in [-0.3, -0.25) is 19.5 Å². The van der Waals surface area contributed by atoms with Crippen molar-refractivity contribution in [3.8, 4) is 5.75 Å². The van der Waals surface area contributed by atoms with Gasteiger partial charge in [0.2, 0.25) is 5.91 Å². The Balaban J connectivity index is 1.17. The number of rotatable bonds is 8. The average Bonchev–Trinajstić information content (AvgIpc) is 3.39. The quantitative estimate of drug-likeness (QED) is 0.689. The first kappa shape index (κ1) is 22.3. The van der Waals surface area contributed by atoms with E-state index in [1.54, 1.807) is 24.5 Å². The molecule has 2 heterocycles. The summed E-state index contributed by atoms with van der Waals surface area (Å²) in [6.45, 7) is 5.09. The number of nitrogens with zero attached hydrogens (tertiary/aromatic N) is 3. The minimum atomic E-state index is -0.105. The number of ether oxygens (including phenoxy) is 1. The normalized spacial score (nSPS) is 17.3. The molecule has 1 aromatic heterocycles. The van der Waals surface area contributed by atoms with E-state index >= 15 is 0 Å². The molecule has 1 aromatic carbocycles. The third-order valence-electron chi connectivity index (χ3n) is 6.33. The number of carbonyl (C=O) groups excluding carboxylic acids is 2. The molecule has 32 heavy (non-hydrogen) atoms. The molecule has 2 amide bonds. The topological polar surface area (TPSA) is 74.8 Å². The molecular formula is C25H32N4O3.